The first kappa shape index (κ1) is 20.0. The Bertz CT molecular complexity index is 824. The lowest BCUT2D eigenvalue weighted by molar-refractivity contribution is -0.121. The molecule has 2 heterocycles. The Balaban J connectivity index is 1.60. The van der Waals surface area contributed by atoms with Gasteiger partial charge in [0.05, 0.1) is 43.5 Å². The number of ether oxygens (including phenoxy) is 3. The minimum atomic E-state index is -0.197. The Morgan fingerprint density at radius 3 is 2.75 bits per heavy atom. The van der Waals surface area contributed by atoms with Crippen LogP contribution >= 0.6 is 0 Å². The second-order valence-electron chi connectivity index (χ2n) is 6.46. The van der Waals surface area contributed by atoms with Crippen molar-refractivity contribution >= 4 is 11.8 Å². The van der Waals surface area contributed by atoms with Gasteiger partial charge in [-0.3, -0.25) is 9.78 Å². The van der Waals surface area contributed by atoms with Gasteiger partial charge in [0.1, 0.15) is 6.61 Å². The first-order valence-electron chi connectivity index (χ1n) is 9.19. The van der Waals surface area contributed by atoms with Gasteiger partial charge in [-0.25, -0.2) is 4.99 Å². The fourth-order valence-corrected chi connectivity index (χ4v) is 3.04. The van der Waals surface area contributed by atoms with Crippen LogP contribution in [-0.2, 0) is 32.0 Å². The number of hydrogen-bond donors (Lipinski definition) is 1. The molecule has 148 valence electrons. The van der Waals surface area contributed by atoms with E-state index in [1.165, 1.54) is 0 Å². The highest BCUT2D eigenvalue weighted by Gasteiger charge is 2.20. The van der Waals surface area contributed by atoms with E-state index in [9.17, 15) is 4.79 Å². The van der Waals surface area contributed by atoms with Crippen molar-refractivity contribution in [3.8, 4) is 0 Å². The summed E-state index contributed by atoms with van der Waals surface area (Å²) in [6, 6.07) is 11.5. The van der Waals surface area contributed by atoms with Crippen LogP contribution in [-0.4, -0.2) is 50.8 Å². The highest BCUT2D eigenvalue weighted by atomic mass is 16.5. The SMILES string of the molecule is COCCOC1=NCc2cc(CC(=O)N[C@H](COC)c3ccccc3)ncc21. The van der Waals surface area contributed by atoms with Crippen LogP contribution in [0.3, 0.4) is 0 Å². The highest BCUT2D eigenvalue weighted by Crippen LogP contribution is 2.20. The molecule has 7 nitrogen and oxygen atoms in total. The molecule has 0 fully saturated rings. The molecule has 28 heavy (non-hydrogen) atoms. The normalized spacial score (nSPS) is 13.6. The van der Waals surface area contributed by atoms with Crippen LogP contribution in [0.4, 0.5) is 0 Å². The summed E-state index contributed by atoms with van der Waals surface area (Å²) in [5, 5.41) is 3.02. The van der Waals surface area contributed by atoms with E-state index in [-0.39, 0.29) is 18.4 Å². The van der Waals surface area contributed by atoms with E-state index in [1.807, 2.05) is 36.4 Å². The molecular weight excluding hydrogens is 358 g/mol. The van der Waals surface area contributed by atoms with E-state index in [0.717, 1.165) is 16.7 Å². The maximum absolute atomic E-state index is 12.5. The Kier molecular flexibility index (Phi) is 7.11. The number of benzene rings is 1. The molecule has 1 amide bonds. The van der Waals surface area contributed by atoms with Gasteiger partial charge in [0.2, 0.25) is 11.8 Å². The first-order chi connectivity index (χ1) is 13.7. The molecule has 2 aromatic rings. The average molecular weight is 383 g/mol. The fraction of sp³-hybridized carbons (Fsp3) is 0.381. The van der Waals surface area contributed by atoms with Gasteiger partial charge in [-0.1, -0.05) is 30.3 Å². The van der Waals surface area contributed by atoms with Crippen LogP contribution in [0.2, 0.25) is 0 Å². The third kappa shape index (κ3) is 5.15. The molecule has 0 unspecified atom stereocenters. The summed E-state index contributed by atoms with van der Waals surface area (Å²) in [6.45, 7) is 1.89. The van der Waals surface area contributed by atoms with Gasteiger partial charge in [0.15, 0.2) is 0 Å². The van der Waals surface area contributed by atoms with Gasteiger partial charge >= 0.3 is 0 Å². The molecule has 1 atom stereocenters. The van der Waals surface area contributed by atoms with E-state index in [2.05, 4.69) is 15.3 Å². The molecule has 1 aliphatic heterocycles. The first-order valence-corrected chi connectivity index (χ1v) is 9.19. The number of carbonyl (C=O) groups is 1. The lowest BCUT2D eigenvalue weighted by atomic mass is 10.1. The fourth-order valence-electron chi connectivity index (χ4n) is 3.04. The highest BCUT2D eigenvalue weighted by molar-refractivity contribution is 5.97. The minimum Gasteiger partial charge on any atom is -0.475 e. The number of fused-ring (bicyclic) bond motifs is 1. The van der Waals surface area contributed by atoms with Crippen molar-refractivity contribution in [1.29, 1.82) is 0 Å². The van der Waals surface area contributed by atoms with Crippen LogP contribution in [0.25, 0.3) is 0 Å². The van der Waals surface area contributed by atoms with Gasteiger partial charge in [-0.15, -0.1) is 0 Å². The van der Waals surface area contributed by atoms with Gasteiger partial charge in [-0.05, 0) is 17.2 Å². The van der Waals surface area contributed by atoms with Crippen LogP contribution < -0.4 is 5.32 Å². The molecule has 1 aromatic heterocycles. The van der Waals surface area contributed by atoms with Crippen LogP contribution in [0, 0.1) is 0 Å². The zero-order valence-electron chi connectivity index (χ0n) is 16.2. The molecule has 0 aliphatic carbocycles. The Hall–Kier alpha value is -2.77. The molecule has 0 saturated heterocycles. The zero-order chi connectivity index (χ0) is 19.8. The number of methoxy groups -OCH3 is 2. The molecule has 1 aromatic carbocycles. The van der Waals surface area contributed by atoms with Crippen molar-refractivity contribution in [2.75, 3.05) is 34.0 Å². The standard InChI is InChI=1S/C21H25N3O4/c1-26-8-9-28-21-18-13-22-17(10-16(18)12-23-21)11-20(25)24-19(14-27-2)15-6-4-3-5-7-15/h3-7,10,13,19H,8-9,11-12,14H2,1-2H3,(H,24,25)/t19-/m1/s1. The lowest BCUT2D eigenvalue weighted by Crippen LogP contribution is -2.32. The number of hydrogen-bond acceptors (Lipinski definition) is 6. The van der Waals surface area contributed by atoms with Crippen LogP contribution in [0.5, 0.6) is 0 Å². The van der Waals surface area contributed by atoms with Gasteiger partial charge in [-0.2, -0.15) is 0 Å². The quantitative estimate of drug-likeness (QED) is 0.670. The number of aliphatic imine (C=N–C) groups is 1. The summed E-state index contributed by atoms with van der Waals surface area (Å²) >= 11 is 0. The van der Waals surface area contributed by atoms with E-state index >= 15 is 0 Å². The predicted octanol–water partition coefficient (Wildman–Crippen LogP) is 2.05. The molecule has 0 bridgehead atoms. The smallest absolute Gasteiger partial charge is 0.226 e. The topological polar surface area (TPSA) is 82.0 Å². The molecule has 0 spiro atoms. The van der Waals surface area contributed by atoms with Crippen molar-refractivity contribution in [3.05, 3.63) is 65.0 Å². The number of pyridine rings is 1. The van der Waals surface area contributed by atoms with E-state index < -0.39 is 0 Å². The van der Waals surface area contributed by atoms with Gasteiger partial charge in [0, 0.05) is 20.4 Å². The van der Waals surface area contributed by atoms with Crippen molar-refractivity contribution in [2.45, 2.75) is 19.0 Å². The van der Waals surface area contributed by atoms with Crippen molar-refractivity contribution in [2.24, 2.45) is 4.99 Å². The summed E-state index contributed by atoms with van der Waals surface area (Å²) in [5.41, 5.74) is 3.60. The van der Waals surface area contributed by atoms with Gasteiger partial charge < -0.3 is 19.5 Å². The Morgan fingerprint density at radius 2 is 2.00 bits per heavy atom. The lowest BCUT2D eigenvalue weighted by Gasteiger charge is -2.18. The third-order valence-corrected chi connectivity index (χ3v) is 4.41. The molecule has 3 rings (SSSR count). The zero-order valence-corrected chi connectivity index (χ0v) is 16.2. The predicted molar refractivity (Wildman–Crippen MR) is 105 cm³/mol. The van der Waals surface area contributed by atoms with Gasteiger partial charge in [0.25, 0.3) is 0 Å². The largest absolute Gasteiger partial charge is 0.475 e. The summed E-state index contributed by atoms with van der Waals surface area (Å²) in [7, 11) is 3.25. The van der Waals surface area contributed by atoms with E-state index in [4.69, 9.17) is 14.2 Å². The summed E-state index contributed by atoms with van der Waals surface area (Å²) < 4.78 is 15.8. The van der Waals surface area contributed by atoms with E-state index in [1.54, 1.807) is 20.4 Å². The second-order valence-corrected chi connectivity index (χ2v) is 6.46. The average Bonchev–Trinajstić information content (AvgIpc) is 3.11. The van der Waals surface area contributed by atoms with Crippen molar-refractivity contribution < 1.29 is 19.0 Å². The monoisotopic (exact) mass is 383 g/mol. The Morgan fingerprint density at radius 1 is 1.18 bits per heavy atom. The van der Waals surface area contributed by atoms with Crippen LogP contribution in [0.15, 0.2) is 47.6 Å². The minimum absolute atomic E-state index is 0.103. The van der Waals surface area contributed by atoms with E-state index in [0.29, 0.717) is 38.0 Å². The number of nitrogens with zero attached hydrogens (tertiary/aromatic N) is 2. The molecular formula is C21H25N3O4. The molecule has 1 N–H and O–H groups in total. The molecule has 1 aliphatic rings. The second kappa shape index (κ2) is 9.96. The number of nitrogens with one attached hydrogen (secondary N) is 1. The molecule has 0 saturated carbocycles. The number of carbonyl (C=O) groups excluding carboxylic acids is 1. The molecule has 7 heteroatoms. The number of rotatable bonds is 9. The third-order valence-electron chi connectivity index (χ3n) is 4.41. The Labute approximate surface area is 164 Å². The number of amides is 1. The summed E-state index contributed by atoms with van der Waals surface area (Å²) in [6.07, 6.45) is 1.92. The van der Waals surface area contributed by atoms with Crippen molar-refractivity contribution in [1.82, 2.24) is 10.3 Å². The molecule has 0 radical (unpaired) electrons. The maximum Gasteiger partial charge on any atom is 0.226 e. The summed E-state index contributed by atoms with van der Waals surface area (Å²) in [4.78, 5) is 21.3. The van der Waals surface area contributed by atoms with Crippen LogP contribution in [0.1, 0.15) is 28.4 Å². The summed E-state index contributed by atoms with van der Waals surface area (Å²) in [5.74, 6) is 0.480. The maximum atomic E-state index is 12.5. The van der Waals surface area contributed by atoms with Crippen molar-refractivity contribution in [3.63, 3.8) is 0 Å². The number of aromatic nitrogens is 1.